The molecule has 1 aromatic carbocycles. The van der Waals surface area contributed by atoms with Crippen LogP contribution in [0.25, 0.3) is 16.9 Å². The van der Waals surface area contributed by atoms with Gasteiger partial charge in [0, 0.05) is 11.8 Å². The van der Waals surface area contributed by atoms with Gasteiger partial charge in [-0.25, -0.2) is 9.67 Å². The molecule has 0 spiro atoms. The third-order valence-corrected chi connectivity index (χ3v) is 5.48. The molecule has 0 aliphatic heterocycles. The van der Waals surface area contributed by atoms with Gasteiger partial charge in [0.1, 0.15) is 11.2 Å². The van der Waals surface area contributed by atoms with Gasteiger partial charge in [0.15, 0.2) is 5.82 Å². The van der Waals surface area contributed by atoms with Gasteiger partial charge in [-0.15, -0.1) is 11.3 Å². The van der Waals surface area contributed by atoms with Crippen LogP contribution in [0.1, 0.15) is 28.9 Å². The normalized spacial score (nSPS) is 14.3. The van der Waals surface area contributed by atoms with Crippen LogP contribution < -0.4 is 5.32 Å². The Labute approximate surface area is 172 Å². The molecule has 0 radical (unpaired) electrons. The fraction of sp³-hybridized carbons (Fsp3) is 0.182. The summed E-state index contributed by atoms with van der Waals surface area (Å²) in [6.07, 6.45) is 13.0. The Morgan fingerprint density at radius 3 is 2.86 bits per heavy atom. The highest BCUT2D eigenvalue weighted by Crippen LogP contribution is 2.23. The van der Waals surface area contributed by atoms with Gasteiger partial charge in [0.2, 0.25) is 0 Å². The first-order valence-corrected chi connectivity index (χ1v) is 10.3. The summed E-state index contributed by atoms with van der Waals surface area (Å²) in [5.41, 5.74) is 4.65. The van der Waals surface area contributed by atoms with Gasteiger partial charge in [-0.05, 0) is 30.4 Å². The van der Waals surface area contributed by atoms with Crippen LogP contribution in [-0.2, 0) is 4.79 Å². The minimum atomic E-state index is -0.580. The number of hydrogen-bond donors (Lipinski definition) is 1. The van der Waals surface area contributed by atoms with Gasteiger partial charge in [0.25, 0.3) is 5.91 Å². The van der Waals surface area contributed by atoms with Gasteiger partial charge in [0.05, 0.1) is 17.7 Å². The zero-order valence-electron chi connectivity index (χ0n) is 15.7. The molecule has 1 atom stereocenters. The largest absolute Gasteiger partial charge is 0.341 e. The molecule has 0 saturated carbocycles. The Kier molecular flexibility index (Phi) is 5.76. The fourth-order valence-electron chi connectivity index (χ4n) is 3.22. The molecule has 0 bridgehead atoms. The molecule has 1 N–H and O–H groups in total. The average Bonchev–Trinajstić information content (AvgIpc) is 3.44. The molecular formula is C22H20N4O2S. The number of thiazole rings is 1. The van der Waals surface area contributed by atoms with E-state index < -0.39 is 6.04 Å². The highest BCUT2D eigenvalue weighted by atomic mass is 32.1. The molecule has 7 heteroatoms. The summed E-state index contributed by atoms with van der Waals surface area (Å²) in [6, 6.07) is 9.30. The SMILES string of the molecule is O=C[C@H](CC1=CCCC=C1)NC(=O)c1scnc1-n1cc(-c2ccccc2)cn1. The van der Waals surface area contributed by atoms with Crippen molar-refractivity contribution < 1.29 is 9.59 Å². The van der Waals surface area contributed by atoms with Crippen LogP contribution in [-0.4, -0.2) is 33.0 Å². The number of rotatable bonds is 7. The van der Waals surface area contributed by atoms with Crippen LogP contribution in [0.3, 0.4) is 0 Å². The molecule has 0 unspecified atom stereocenters. The Morgan fingerprint density at radius 1 is 1.24 bits per heavy atom. The first-order valence-electron chi connectivity index (χ1n) is 9.40. The van der Waals surface area contributed by atoms with E-state index in [0.29, 0.717) is 17.1 Å². The van der Waals surface area contributed by atoms with Crippen LogP contribution in [0, 0.1) is 0 Å². The van der Waals surface area contributed by atoms with Gasteiger partial charge >= 0.3 is 0 Å². The summed E-state index contributed by atoms with van der Waals surface area (Å²) >= 11 is 1.23. The lowest BCUT2D eigenvalue weighted by molar-refractivity contribution is -0.109. The standard InChI is InChI=1S/C22H20N4O2S/c27-14-19(11-16-7-3-1-4-8-16)25-22(28)20-21(23-15-29-20)26-13-18(12-24-26)17-9-5-2-6-10-17/h2-3,5-10,12-15,19H,1,4,11H2,(H,25,28)/t19-/m0/s1. The number of allylic oxidation sites excluding steroid dienone is 3. The molecule has 3 aromatic rings. The summed E-state index contributed by atoms with van der Waals surface area (Å²) in [4.78, 5) is 29.0. The zero-order chi connectivity index (χ0) is 20.1. The van der Waals surface area contributed by atoms with Crippen molar-refractivity contribution in [2.45, 2.75) is 25.3 Å². The van der Waals surface area contributed by atoms with Gasteiger partial charge < -0.3 is 10.1 Å². The molecule has 146 valence electrons. The van der Waals surface area contributed by atoms with Crippen molar-refractivity contribution in [1.29, 1.82) is 0 Å². The summed E-state index contributed by atoms with van der Waals surface area (Å²) in [5, 5.41) is 7.18. The molecule has 1 amide bonds. The first-order chi connectivity index (χ1) is 14.2. The maximum absolute atomic E-state index is 12.8. The van der Waals surface area contributed by atoms with Crippen molar-refractivity contribution in [2.75, 3.05) is 0 Å². The number of nitrogens with zero attached hydrogens (tertiary/aromatic N) is 3. The van der Waals surface area contributed by atoms with Crippen LogP contribution in [0.5, 0.6) is 0 Å². The molecular weight excluding hydrogens is 384 g/mol. The molecule has 4 rings (SSSR count). The van der Waals surface area contributed by atoms with E-state index in [4.69, 9.17) is 0 Å². The van der Waals surface area contributed by atoms with Gasteiger partial charge in [-0.1, -0.05) is 48.6 Å². The molecule has 2 heterocycles. The molecule has 0 fully saturated rings. The topological polar surface area (TPSA) is 76.9 Å². The second kappa shape index (κ2) is 8.79. The number of hydrogen-bond acceptors (Lipinski definition) is 5. The lowest BCUT2D eigenvalue weighted by Gasteiger charge is -2.14. The zero-order valence-corrected chi connectivity index (χ0v) is 16.5. The maximum Gasteiger partial charge on any atom is 0.265 e. The molecule has 1 aliphatic rings. The van der Waals surface area contributed by atoms with Crippen LogP contribution in [0.15, 0.2) is 72.0 Å². The second-order valence-electron chi connectivity index (χ2n) is 6.72. The van der Waals surface area contributed by atoms with Crippen LogP contribution in [0.4, 0.5) is 0 Å². The summed E-state index contributed by atoms with van der Waals surface area (Å²) < 4.78 is 1.59. The van der Waals surface area contributed by atoms with E-state index in [9.17, 15) is 9.59 Å². The number of amides is 1. The maximum atomic E-state index is 12.8. The van der Waals surface area contributed by atoms with E-state index in [1.807, 2.05) is 42.6 Å². The Hall–Kier alpha value is -3.32. The number of nitrogens with one attached hydrogen (secondary N) is 1. The molecule has 1 aliphatic carbocycles. The Balaban J connectivity index is 1.50. The van der Waals surface area contributed by atoms with Crippen molar-refractivity contribution in [3.8, 4) is 16.9 Å². The average molecular weight is 404 g/mol. The number of aromatic nitrogens is 3. The van der Waals surface area contributed by atoms with Crippen LogP contribution >= 0.6 is 11.3 Å². The predicted octanol–water partition coefficient (Wildman–Crippen LogP) is 3.96. The summed E-state index contributed by atoms with van der Waals surface area (Å²) in [5.74, 6) is 0.132. The highest BCUT2D eigenvalue weighted by Gasteiger charge is 2.21. The minimum Gasteiger partial charge on any atom is -0.341 e. The minimum absolute atomic E-state index is 0.322. The van der Waals surface area contributed by atoms with Crippen molar-refractivity contribution in [3.05, 3.63) is 76.9 Å². The third-order valence-electron chi connectivity index (χ3n) is 4.67. The third kappa shape index (κ3) is 4.41. The summed E-state index contributed by atoms with van der Waals surface area (Å²) in [7, 11) is 0. The van der Waals surface area contributed by atoms with Crippen molar-refractivity contribution in [1.82, 2.24) is 20.1 Å². The van der Waals surface area contributed by atoms with E-state index in [2.05, 4.69) is 27.6 Å². The number of carbonyl (C=O) groups is 2. The molecule has 6 nitrogen and oxygen atoms in total. The lowest BCUT2D eigenvalue weighted by atomic mass is 10.0. The van der Waals surface area contributed by atoms with Crippen LogP contribution in [0.2, 0.25) is 0 Å². The number of carbonyl (C=O) groups excluding carboxylic acids is 2. The number of aldehydes is 1. The lowest BCUT2D eigenvalue weighted by Crippen LogP contribution is -2.36. The van der Waals surface area contributed by atoms with E-state index in [1.165, 1.54) is 11.3 Å². The van der Waals surface area contributed by atoms with Crippen molar-refractivity contribution in [2.24, 2.45) is 0 Å². The molecule has 2 aromatic heterocycles. The summed E-state index contributed by atoms with van der Waals surface area (Å²) in [6.45, 7) is 0. The highest BCUT2D eigenvalue weighted by molar-refractivity contribution is 7.12. The quantitative estimate of drug-likeness (QED) is 0.605. The first kappa shape index (κ1) is 19.0. The Bertz CT molecular complexity index is 1070. The predicted molar refractivity (Wildman–Crippen MR) is 113 cm³/mol. The Morgan fingerprint density at radius 2 is 2.10 bits per heavy atom. The van der Waals surface area contributed by atoms with Crippen molar-refractivity contribution >= 4 is 23.5 Å². The second-order valence-corrected chi connectivity index (χ2v) is 7.58. The van der Waals surface area contributed by atoms with E-state index in [-0.39, 0.29) is 5.91 Å². The monoisotopic (exact) mass is 404 g/mol. The fourth-order valence-corrected chi connectivity index (χ4v) is 3.89. The van der Waals surface area contributed by atoms with E-state index >= 15 is 0 Å². The van der Waals surface area contributed by atoms with Gasteiger partial charge in [-0.2, -0.15) is 5.10 Å². The number of benzene rings is 1. The smallest absolute Gasteiger partial charge is 0.265 e. The molecule has 0 saturated heterocycles. The molecule has 29 heavy (non-hydrogen) atoms. The van der Waals surface area contributed by atoms with E-state index in [1.54, 1.807) is 16.4 Å². The van der Waals surface area contributed by atoms with Gasteiger partial charge in [-0.3, -0.25) is 4.79 Å². The van der Waals surface area contributed by atoms with Crippen molar-refractivity contribution in [3.63, 3.8) is 0 Å². The van der Waals surface area contributed by atoms with E-state index in [0.717, 1.165) is 35.8 Å².